The van der Waals surface area contributed by atoms with Crippen LogP contribution in [0.25, 0.3) is 0 Å². The van der Waals surface area contributed by atoms with Gasteiger partial charge in [0.25, 0.3) is 0 Å². The minimum Gasteiger partial charge on any atom is -0.493 e. The second-order valence-corrected chi connectivity index (χ2v) is 5.43. The van der Waals surface area contributed by atoms with Gasteiger partial charge in [-0.1, -0.05) is 18.9 Å². The van der Waals surface area contributed by atoms with Gasteiger partial charge in [-0.25, -0.2) is 0 Å². The molecule has 0 aromatic heterocycles. The van der Waals surface area contributed by atoms with Crippen molar-refractivity contribution in [3.05, 3.63) is 23.8 Å². The van der Waals surface area contributed by atoms with Gasteiger partial charge in [0.15, 0.2) is 11.5 Å². The number of methoxy groups -OCH3 is 1. The van der Waals surface area contributed by atoms with Crippen LogP contribution in [0.3, 0.4) is 0 Å². The molecule has 0 radical (unpaired) electrons. The van der Waals surface area contributed by atoms with E-state index in [2.05, 4.69) is 0 Å². The van der Waals surface area contributed by atoms with E-state index in [9.17, 15) is 0 Å². The van der Waals surface area contributed by atoms with Crippen LogP contribution in [0, 0.1) is 0 Å². The Balaban J connectivity index is 2.10. The summed E-state index contributed by atoms with van der Waals surface area (Å²) in [4.78, 5) is 0. The largest absolute Gasteiger partial charge is 0.493 e. The molecule has 1 aliphatic carbocycles. The molecule has 2 rings (SSSR count). The lowest BCUT2D eigenvalue weighted by molar-refractivity contribution is 0.176. The Bertz CT molecular complexity index is 396. The summed E-state index contributed by atoms with van der Waals surface area (Å²) in [6.07, 6.45) is 7.84. The molecule has 0 spiro atoms. The number of ether oxygens (including phenoxy) is 2. The van der Waals surface area contributed by atoms with Crippen molar-refractivity contribution in [1.82, 2.24) is 0 Å². The third kappa shape index (κ3) is 3.87. The molecule has 0 unspecified atom stereocenters. The summed E-state index contributed by atoms with van der Waals surface area (Å²) in [5.41, 5.74) is 6.97. The van der Waals surface area contributed by atoms with E-state index in [1.807, 2.05) is 25.1 Å². The topological polar surface area (TPSA) is 44.5 Å². The van der Waals surface area contributed by atoms with Gasteiger partial charge in [-0.2, -0.15) is 0 Å². The van der Waals surface area contributed by atoms with Crippen LogP contribution < -0.4 is 15.2 Å². The molecule has 0 bridgehead atoms. The highest BCUT2D eigenvalue weighted by Crippen LogP contribution is 2.32. The molecule has 3 nitrogen and oxygen atoms in total. The monoisotopic (exact) mass is 263 g/mol. The molecule has 1 aromatic rings. The zero-order chi connectivity index (χ0) is 13.7. The first kappa shape index (κ1) is 14.2. The second-order valence-electron chi connectivity index (χ2n) is 5.43. The third-order valence-electron chi connectivity index (χ3n) is 3.81. The van der Waals surface area contributed by atoms with Crippen LogP contribution in [-0.2, 0) is 0 Å². The summed E-state index contributed by atoms with van der Waals surface area (Å²) in [5, 5.41) is 0. The molecule has 1 atom stereocenters. The predicted octanol–water partition coefficient (Wildman–Crippen LogP) is 3.82. The van der Waals surface area contributed by atoms with Crippen molar-refractivity contribution in [1.29, 1.82) is 0 Å². The van der Waals surface area contributed by atoms with Gasteiger partial charge in [0.05, 0.1) is 13.2 Å². The van der Waals surface area contributed by atoms with E-state index < -0.39 is 0 Å². The fraction of sp³-hybridized carbons (Fsp3) is 0.625. The van der Waals surface area contributed by atoms with E-state index in [1.165, 1.54) is 25.7 Å². The van der Waals surface area contributed by atoms with Crippen molar-refractivity contribution >= 4 is 0 Å². The lowest BCUT2D eigenvalue weighted by Gasteiger charge is -2.19. The summed E-state index contributed by atoms with van der Waals surface area (Å²) >= 11 is 0. The maximum absolute atomic E-state index is 6.13. The average molecular weight is 263 g/mol. The highest BCUT2D eigenvalue weighted by atomic mass is 16.5. The minimum absolute atomic E-state index is 0.0147. The molecule has 2 N–H and O–H groups in total. The van der Waals surface area contributed by atoms with Gasteiger partial charge in [-0.05, 0) is 50.3 Å². The molecule has 0 saturated heterocycles. The lowest BCUT2D eigenvalue weighted by atomic mass is 10.1. The van der Waals surface area contributed by atoms with Crippen molar-refractivity contribution in [2.24, 2.45) is 5.73 Å². The summed E-state index contributed by atoms with van der Waals surface area (Å²) in [7, 11) is 1.68. The molecule has 0 amide bonds. The standard InChI is InChI=1S/C16H25NO2/c1-12(17)13-9-10-15(16(11-13)18-2)19-14-7-5-3-4-6-8-14/h9-12,14H,3-8,17H2,1-2H3/t12-/m0/s1. The molecule has 1 aromatic carbocycles. The Labute approximate surface area is 116 Å². The van der Waals surface area contributed by atoms with Crippen LogP contribution in [0.2, 0.25) is 0 Å². The molecular weight excluding hydrogens is 238 g/mol. The molecule has 1 aliphatic rings. The Hall–Kier alpha value is -1.22. The van der Waals surface area contributed by atoms with E-state index in [1.54, 1.807) is 7.11 Å². The Morgan fingerprint density at radius 3 is 2.37 bits per heavy atom. The number of benzene rings is 1. The first-order chi connectivity index (χ1) is 9.20. The fourth-order valence-electron chi connectivity index (χ4n) is 2.60. The number of nitrogens with two attached hydrogens (primary N) is 1. The van der Waals surface area contributed by atoms with Gasteiger partial charge in [-0.15, -0.1) is 0 Å². The Morgan fingerprint density at radius 2 is 1.79 bits per heavy atom. The van der Waals surface area contributed by atoms with Gasteiger partial charge >= 0.3 is 0 Å². The molecule has 0 heterocycles. The lowest BCUT2D eigenvalue weighted by Crippen LogP contribution is -2.15. The van der Waals surface area contributed by atoms with Crippen molar-refractivity contribution < 1.29 is 9.47 Å². The maximum Gasteiger partial charge on any atom is 0.161 e. The molecule has 19 heavy (non-hydrogen) atoms. The number of rotatable bonds is 4. The maximum atomic E-state index is 6.13. The van der Waals surface area contributed by atoms with Crippen LogP contribution in [0.5, 0.6) is 11.5 Å². The van der Waals surface area contributed by atoms with Crippen LogP contribution >= 0.6 is 0 Å². The van der Waals surface area contributed by atoms with Gasteiger partial charge in [-0.3, -0.25) is 0 Å². The molecule has 0 aliphatic heterocycles. The summed E-state index contributed by atoms with van der Waals surface area (Å²) < 4.78 is 11.6. The quantitative estimate of drug-likeness (QED) is 0.840. The minimum atomic E-state index is 0.0147. The van der Waals surface area contributed by atoms with Crippen LogP contribution in [0.1, 0.15) is 57.1 Å². The first-order valence-corrected chi connectivity index (χ1v) is 7.31. The highest BCUT2D eigenvalue weighted by Gasteiger charge is 2.16. The zero-order valence-electron chi connectivity index (χ0n) is 12.0. The van der Waals surface area contributed by atoms with Crippen LogP contribution in [-0.4, -0.2) is 13.2 Å². The normalized spacial score (nSPS) is 18.7. The van der Waals surface area contributed by atoms with E-state index in [0.29, 0.717) is 6.10 Å². The van der Waals surface area contributed by atoms with E-state index in [0.717, 1.165) is 29.9 Å². The van der Waals surface area contributed by atoms with E-state index >= 15 is 0 Å². The van der Waals surface area contributed by atoms with Crippen molar-refractivity contribution in [3.8, 4) is 11.5 Å². The van der Waals surface area contributed by atoms with Crippen molar-refractivity contribution in [2.45, 2.75) is 57.6 Å². The summed E-state index contributed by atoms with van der Waals surface area (Å²) in [6, 6.07) is 6.01. The van der Waals surface area contributed by atoms with Gasteiger partial charge < -0.3 is 15.2 Å². The third-order valence-corrected chi connectivity index (χ3v) is 3.81. The van der Waals surface area contributed by atoms with Gasteiger partial charge in [0, 0.05) is 6.04 Å². The Morgan fingerprint density at radius 1 is 1.11 bits per heavy atom. The summed E-state index contributed by atoms with van der Waals surface area (Å²) in [5.74, 6) is 1.64. The SMILES string of the molecule is COc1cc([C@H](C)N)ccc1OC1CCCCCC1. The van der Waals surface area contributed by atoms with Crippen molar-refractivity contribution in [2.75, 3.05) is 7.11 Å². The van der Waals surface area contributed by atoms with E-state index in [4.69, 9.17) is 15.2 Å². The van der Waals surface area contributed by atoms with Crippen LogP contribution in [0.4, 0.5) is 0 Å². The van der Waals surface area contributed by atoms with E-state index in [-0.39, 0.29) is 6.04 Å². The number of hydrogen-bond donors (Lipinski definition) is 1. The average Bonchev–Trinajstić information content (AvgIpc) is 2.67. The molecule has 3 heteroatoms. The smallest absolute Gasteiger partial charge is 0.161 e. The zero-order valence-corrected chi connectivity index (χ0v) is 12.0. The predicted molar refractivity (Wildman–Crippen MR) is 77.7 cm³/mol. The Kier molecular flexibility index (Phi) is 5.08. The van der Waals surface area contributed by atoms with Gasteiger partial charge in [0.1, 0.15) is 0 Å². The molecule has 1 fully saturated rings. The molecular formula is C16H25NO2. The first-order valence-electron chi connectivity index (χ1n) is 7.31. The van der Waals surface area contributed by atoms with Gasteiger partial charge in [0.2, 0.25) is 0 Å². The molecule has 106 valence electrons. The fourth-order valence-corrected chi connectivity index (χ4v) is 2.60. The summed E-state index contributed by atoms with van der Waals surface area (Å²) in [6.45, 7) is 1.97. The second kappa shape index (κ2) is 6.80. The molecule has 1 saturated carbocycles. The highest BCUT2D eigenvalue weighted by molar-refractivity contribution is 5.43. The number of hydrogen-bond acceptors (Lipinski definition) is 3. The van der Waals surface area contributed by atoms with Crippen molar-refractivity contribution in [3.63, 3.8) is 0 Å². The van der Waals surface area contributed by atoms with Crippen LogP contribution in [0.15, 0.2) is 18.2 Å².